The number of carbonyl (C=O) groups excluding carboxylic acids is 1. The summed E-state index contributed by atoms with van der Waals surface area (Å²) in [5, 5.41) is 6.40. The molecule has 0 saturated carbocycles. The number of fused-ring (bicyclic) bond motifs is 1. The Morgan fingerprint density at radius 1 is 1.00 bits per heavy atom. The summed E-state index contributed by atoms with van der Waals surface area (Å²) in [5.74, 6) is -0.0187. The standard InChI is InChI=1S/C23H30N4O/c1-17(2)26-9-11-27(12-10-26)22-7-5-19(6-8-22)23(28)25-14-18-3-4-20-15-24-16-21(20)13-18/h3-8,13,17,24H,9-12,14-16H2,1-2H3,(H,25,28). The molecule has 5 heteroatoms. The van der Waals surface area contributed by atoms with E-state index in [1.165, 1.54) is 16.8 Å². The molecule has 0 radical (unpaired) electrons. The first kappa shape index (κ1) is 19.0. The summed E-state index contributed by atoms with van der Waals surface area (Å²) in [6.45, 7) is 11.2. The molecule has 2 aliphatic heterocycles. The molecule has 1 saturated heterocycles. The van der Waals surface area contributed by atoms with Crippen molar-refractivity contribution in [3.8, 4) is 0 Å². The molecule has 0 aromatic heterocycles. The minimum atomic E-state index is -0.0187. The van der Waals surface area contributed by atoms with E-state index in [0.29, 0.717) is 18.2 Å². The van der Waals surface area contributed by atoms with E-state index in [2.05, 4.69) is 64.6 Å². The van der Waals surface area contributed by atoms with Crippen molar-refractivity contribution < 1.29 is 4.79 Å². The molecular weight excluding hydrogens is 348 g/mol. The number of hydrogen-bond acceptors (Lipinski definition) is 4. The minimum absolute atomic E-state index is 0.0187. The predicted octanol–water partition coefficient (Wildman–Crippen LogP) is 2.75. The van der Waals surface area contributed by atoms with Crippen LogP contribution in [0.25, 0.3) is 0 Å². The zero-order valence-corrected chi connectivity index (χ0v) is 16.9. The number of nitrogens with one attached hydrogen (secondary N) is 2. The first-order valence-electron chi connectivity index (χ1n) is 10.3. The number of rotatable bonds is 5. The number of hydrogen-bond donors (Lipinski definition) is 2. The van der Waals surface area contributed by atoms with Gasteiger partial charge in [0, 0.05) is 63.1 Å². The lowest BCUT2D eigenvalue weighted by molar-refractivity contribution is 0.0951. The van der Waals surface area contributed by atoms with Crippen LogP contribution < -0.4 is 15.5 Å². The van der Waals surface area contributed by atoms with E-state index >= 15 is 0 Å². The second kappa shape index (κ2) is 8.33. The van der Waals surface area contributed by atoms with Crippen molar-refractivity contribution in [2.24, 2.45) is 0 Å². The van der Waals surface area contributed by atoms with Gasteiger partial charge in [-0.15, -0.1) is 0 Å². The highest BCUT2D eigenvalue weighted by molar-refractivity contribution is 5.94. The Hall–Kier alpha value is -2.37. The first-order valence-corrected chi connectivity index (χ1v) is 10.3. The Morgan fingerprint density at radius 3 is 2.43 bits per heavy atom. The maximum Gasteiger partial charge on any atom is 0.251 e. The van der Waals surface area contributed by atoms with Crippen LogP contribution in [0, 0.1) is 0 Å². The number of nitrogens with zero attached hydrogens (tertiary/aromatic N) is 2. The summed E-state index contributed by atoms with van der Waals surface area (Å²) in [6, 6.07) is 15.1. The molecule has 5 nitrogen and oxygen atoms in total. The lowest BCUT2D eigenvalue weighted by Crippen LogP contribution is -2.48. The van der Waals surface area contributed by atoms with E-state index in [9.17, 15) is 4.79 Å². The summed E-state index contributed by atoms with van der Waals surface area (Å²) in [5.41, 5.74) is 5.77. The quantitative estimate of drug-likeness (QED) is 0.840. The van der Waals surface area contributed by atoms with Gasteiger partial charge in [-0.05, 0) is 54.8 Å². The van der Waals surface area contributed by atoms with Crippen molar-refractivity contribution in [1.29, 1.82) is 0 Å². The molecule has 4 rings (SSSR count). The van der Waals surface area contributed by atoms with Gasteiger partial charge in [0.1, 0.15) is 0 Å². The number of amides is 1. The van der Waals surface area contributed by atoms with Crippen LogP contribution in [0.15, 0.2) is 42.5 Å². The van der Waals surface area contributed by atoms with E-state index < -0.39 is 0 Å². The smallest absolute Gasteiger partial charge is 0.251 e. The van der Waals surface area contributed by atoms with Gasteiger partial charge in [-0.3, -0.25) is 9.69 Å². The summed E-state index contributed by atoms with van der Waals surface area (Å²) >= 11 is 0. The maximum atomic E-state index is 12.5. The number of anilines is 1. The monoisotopic (exact) mass is 378 g/mol. The van der Waals surface area contributed by atoms with Crippen LogP contribution in [-0.4, -0.2) is 43.0 Å². The fourth-order valence-electron chi connectivity index (χ4n) is 4.06. The molecule has 28 heavy (non-hydrogen) atoms. The highest BCUT2D eigenvalue weighted by Crippen LogP contribution is 2.19. The third-order valence-corrected chi connectivity index (χ3v) is 5.89. The molecule has 1 fully saturated rings. The Labute approximate surface area is 167 Å². The van der Waals surface area contributed by atoms with Crippen LogP contribution in [-0.2, 0) is 19.6 Å². The molecule has 1 amide bonds. The van der Waals surface area contributed by atoms with Crippen molar-refractivity contribution in [3.05, 3.63) is 64.7 Å². The van der Waals surface area contributed by atoms with Gasteiger partial charge in [0.25, 0.3) is 5.91 Å². The second-order valence-electron chi connectivity index (χ2n) is 8.05. The van der Waals surface area contributed by atoms with Gasteiger partial charge in [-0.25, -0.2) is 0 Å². The topological polar surface area (TPSA) is 47.6 Å². The zero-order chi connectivity index (χ0) is 19.5. The Bertz CT molecular complexity index is 823. The SMILES string of the molecule is CC(C)N1CCN(c2ccc(C(=O)NCc3ccc4c(c3)CNC4)cc2)CC1. The molecule has 0 spiro atoms. The van der Waals surface area contributed by atoms with Crippen molar-refractivity contribution in [2.45, 2.75) is 39.5 Å². The Kier molecular flexibility index (Phi) is 5.64. The highest BCUT2D eigenvalue weighted by atomic mass is 16.1. The van der Waals surface area contributed by atoms with E-state index in [-0.39, 0.29) is 5.91 Å². The first-order chi connectivity index (χ1) is 13.6. The van der Waals surface area contributed by atoms with Gasteiger partial charge in [-0.2, -0.15) is 0 Å². The van der Waals surface area contributed by atoms with Crippen molar-refractivity contribution in [3.63, 3.8) is 0 Å². The molecule has 0 atom stereocenters. The van der Waals surface area contributed by atoms with Gasteiger partial charge in [0.05, 0.1) is 0 Å². The predicted molar refractivity (Wildman–Crippen MR) is 114 cm³/mol. The van der Waals surface area contributed by atoms with E-state index in [1.807, 2.05) is 12.1 Å². The molecule has 0 bridgehead atoms. The molecule has 0 unspecified atom stereocenters. The van der Waals surface area contributed by atoms with E-state index in [0.717, 1.165) is 44.8 Å². The zero-order valence-electron chi connectivity index (χ0n) is 16.9. The molecule has 148 valence electrons. The summed E-state index contributed by atoms with van der Waals surface area (Å²) < 4.78 is 0. The largest absolute Gasteiger partial charge is 0.369 e. The van der Waals surface area contributed by atoms with Gasteiger partial charge in [0.15, 0.2) is 0 Å². The fourth-order valence-corrected chi connectivity index (χ4v) is 4.06. The van der Waals surface area contributed by atoms with Gasteiger partial charge < -0.3 is 15.5 Å². The minimum Gasteiger partial charge on any atom is -0.369 e. The third kappa shape index (κ3) is 4.21. The van der Waals surface area contributed by atoms with Crippen LogP contribution in [0.2, 0.25) is 0 Å². The average Bonchev–Trinajstić information content (AvgIpc) is 3.20. The maximum absolute atomic E-state index is 12.5. The fraction of sp³-hybridized carbons (Fsp3) is 0.435. The van der Waals surface area contributed by atoms with Gasteiger partial charge >= 0.3 is 0 Å². The van der Waals surface area contributed by atoms with E-state index in [1.54, 1.807) is 0 Å². The molecule has 2 aliphatic rings. The van der Waals surface area contributed by atoms with Crippen LogP contribution in [0.5, 0.6) is 0 Å². The van der Waals surface area contributed by atoms with Crippen LogP contribution in [0.1, 0.15) is 40.9 Å². The summed E-state index contributed by atoms with van der Waals surface area (Å²) in [7, 11) is 0. The van der Waals surface area contributed by atoms with Crippen molar-refractivity contribution in [2.75, 3.05) is 31.1 Å². The number of carbonyl (C=O) groups is 1. The number of benzene rings is 2. The van der Waals surface area contributed by atoms with Crippen molar-refractivity contribution >= 4 is 11.6 Å². The highest BCUT2D eigenvalue weighted by Gasteiger charge is 2.19. The van der Waals surface area contributed by atoms with Crippen LogP contribution in [0.3, 0.4) is 0 Å². The Morgan fingerprint density at radius 2 is 1.71 bits per heavy atom. The molecule has 0 aliphatic carbocycles. The van der Waals surface area contributed by atoms with Crippen LogP contribution >= 0.6 is 0 Å². The lowest BCUT2D eigenvalue weighted by atomic mass is 10.1. The Balaban J connectivity index is 1.32. The number of piperazine rings is 1. The second-order valence-corrected chi connectivity index (χ2v) is 8.05. The average molecular weight is 379 g/mol. The molecule has 2 aromatic rings. The molecular formula is C23H30N4O. The van der Waals surface area contributed by atoms with Gasteiger partial charge in [-0.1, -0.05) is 18.2 Å². The normalized spacial score (nSPS) is 17.0. The third-order valence-electron chi connectivity index (χ3n) is 5.89. The molecule has 2 aromatic carbocycles. The lowest BCUT2D eigenvalue weighted by Gasteiger charge is -2.38. The van der Waals surface area contributed by atoms with Gasteiger partial charge in [0.2, 0.25) is 0 Å². The van der Waals surface area contributed by atoms with Crippen molar-refractivity contribution in [1.82, 2.24) is 15.5 Å². The summed E-state index contributed by atoms with van der Waals surface area (Å²) in [6.07, 6.45) is 0. The van der Waals surface area contributed by atoms with E-state index in [4.69, 9.17) is 0 Å². The molecule has 2 N–H and O–H groups in total. The van der Waals surface area contributed by atoms with Crippen LogP contribution in [0.4, 0.5) is 5.69 Å². The molecule has 2 heterocycles. The summed E-state index contributed by atoms with van der Waals surface area (Å²) in [4.78, 5) is 17.4.